The molecular formula is C12H13ClF3N3O. The molecule has 0 spiro atoms. The molecule has 0 saturated heterocycles. The van der Waals surface area contributed by atoms with Gasteiger partial charge in [-0.2, -0.15) is 18.3 Å². The zero-order valence-corrected chi connectivity index (χ0v) is 11.8. The fourth-order valence-electron chi connectivity index (χ4n) is 1.26. The molecule has 0 amide bonds. The van der Waals surface area contributed by atoms with Gasteiger partial charge >= 0.3 is 6.18 Å². The van der Waals surface area contributed by atoms with Crippen molar-refractivity contribution in [1.82, 2.24) is 0 Å². The third kappa shape index (κ3) is 4.12. The van der Waals surface area contributed by atoms with Crippen LogP contribution in [0.25, 0.3) is 0 Å². The van der Waals surface area contributed by atoms with E-state index in [-0.39, 0.29) is 11.4 Å². The highest BCUT2D eigenvalue weighted by atomic mass is 35.5. The van der Waals surface area contributed by atoms with Crippen LogP contribution in [0.1, 0.15) is 13.8 Å². The smallest absolute Gasteiger partial charge is 0.452 e. The van der Waals surface area contributed by atoms with Gasteiger partial charge < -0.3 is 4.74 Å². The Hall–Kier alpha value is -1.76. The summed E-state index contributed by atoms with van der Waals surface area (Å²) in [5.74, 6) is -1.15. The molecule has 0 radical (unpaired) electrons. The molecule has 0 unspecified atom stereocenters. The Morgan fingerprint density at radius 3 is 2.30 bits per heavy atom. The van der Waals surface area contributed by atoms with Crippen LogP contribution in [0.5, 0.6) is 5.75 Å². The SMILES string of the molecule is COc1ccccc1N(Cl)/C(=N\N=C(C)C)C(F)(F)F. The van der Waals surface area contributed by atoms with Gasteiger partial charge in [-0.3, -0.25) is 0 Å². The van der Waals surface area contributed by atoms with Gasteiger partial charge in [-0.1, -0.05) is 12.1 Å². The minimum absolute atomic E-state index is 0.0247. The Kier molecular flexibility index (Phi) is 5.38. The molecule has 8 heteroatoms. The summed E-state index contributed by atoms with van der Waals surface area (Å²) in [6, 6.07) is 6.03. The van der Waals surface area contributed by atoms with Gasteiger partial charge in [-0.25, -0.2) is 4.42 Å². The van der Waals surface area contributed by atoms with Gasteiger partial charge in [-0.05, 0) is 26.0 Å². The molecule has 0 saturated carbocycles. The van der Waals surface area contributed by atoms with Gasteiger partial charge in [0.2, 0.25) is 0 Å². The second kappa shape index (κ2) is 6.60. The van der Waals surface area contributed by atoms with Gasteiger partial charge in [0.25, 0.3) is 5.84 Å². The number of halogens is 4. The molecule has 0 aliphatic rings. The van der Waals surface area contributed by atoms with Crippen LogP contribution in [0.2, 0.25) is 0 Å². The zero-order valence-electron chi connectivity index (χ0n) is 11.1. The quantitative estimate of drug-likeness (QED) is 0.366. The van der Waals surface area contributed by atoms with Crippen LogP contribution >= 0.6 is 11.8 Å². The maximum absolute atomic E-state index is 13.0. The molecule has 110 valence electrons. The van der Waals surface area contributed by atoms with E-state index >= 15 is 0 Å². The van der Waals surface area contributed by atoms with E-state index in [9.17, 15) is 13.2 Å². The summed E-state index contributed by atoms with van der Waals surface area (Å²) < 4.78 is 44.3. The first-order valence-electron chi connectivity index (χ1n) is 5.52. The van der Waals surface area contributed by atoms with E-state index in [1.54, 1.807) is 6.07 Å². The van der Waals surface area contributed by atoms with Gasteiger partial charge in [0.1, 0.15) is 11.4 Å². The van der Waals surface area contributed by atoms with E-state index in [1.165, 1.54) is 39.2 Å². The van der Waals surface area contributed by atoms with Crippen molar-refractivity contribution < 1.29 is 17.9 Å². The largest absolute Gasteiger partial charge is 0.495 e. The number of alkyl halides is 3. The van der Waals surface area contributed by atoms with E-state index in [1.807, 2.05) is 0 Å². The topological polar surface area (TPSA) is 37.2 Å². The highest BCUT2D eigenvalue weighted by Gasteiger charge is 2.41. The van der Waals surface area contributed by atoms with Gasteiger partial charge in [0.15, 0.2) is 0 Å². The van der Waals surface area contributed by atoms with Crippen molar-refractivity contribution in [3.05, 3.63) is 24.3 Å². The first-order chi connectivity index (χ1) is 9.27. The van der Waals surface area contributed by atoms with Crippen molar-refractivity contribution >= 4 is 29.0 Å². The lowest BCUT2D eigenvalue weighted by molar-refractivity contribution is -0.0596. The van der Waals surface area contributed by atoms with Crippen LogP contribution in [-0.4, -0.2) is 24.8 Å². The van der Waals surface area contributed by atoms with E-state index in [4.69, 9.17) is 16.5 Å². The maximum Gasteiger partial charge on any atom is 0.452 e. The summed E-state index contributed by atoms with van der Waals surface area (Å²) in [5.41, 5.74) is 0.397. The lowest BCUT2D eigenvalue weighted by atomic mass is 10.3. The van der Waals surface area contributed by atoms with Crippen LogP contribution in [0, 0.1) is 0 Å². The first-order valence-corrected chi connectivity index (χ1v) is 5.86. The van der Waals surface area contributed by atoms with E-state index in [2.05, 4.69) is 10.2 Å². The van der Waals surface area contributed by atoms with Crippen molar-refractivity contribution in [1.29, 1.82) is 0 Å². The van der Waals surface area contributed by atoms with Crippen LogP contribution in [0.15, 0.2) is 34.5 Å². The average molecular weight is 308 g/mol. The number of amidine groups is 1. The predicted octanol–water partition coefficient (Wildman–Crippen LogP) is 4.01. The number of hydrogen-bond donors (Lipinski definition) is 0. The lowest BCUT2D eigenvalue weighted by Crippen LogP contribution is -2.35. The highest BCUT2D eigenvalue weighted by molar-refractivity contribution is 6.38. The Morgan fingerprint density at radius 1 is 1.20 bits per heavy atom. The molecule has 0 atom stereocenters. The molecule has 0 fully saturated rings. The fourth-order valence-corrected chi connectivity index (χ4v) is 1.53. The van der Waals surface area contributed by atoms with Crippen LogP contribution in [0.4, 0.5) is 18.9 Å². The molecule has 0 N–H and O–H groups in total. The Balaban J connectivity index is 3.28. The van der Waals surface area contributed by atoms with Crippen LogP contribution < -0.4 is 9.16 Å². The minimum atomic E-state index is -4.75. The third-order valence-corrected chi connectivity index (χ3v) is 2.42. The minimum Gasteiger partial charge on any atom is -0.495 e. The molecule has 0 bridgehead atoms. The van der Waals surface area contributed by atoms with E-state index in [0.717, 1.165) is 0 Å². The molecule has 1 aromatic carbocycles. The van der Waals surface area contributed by atoms with Crippen molar-refractivity contribution in [3.8, 4) is 5.75 Å². The lowest BCUT2D eigenvalue weighted by Gasteiger charge is -2.20. The van der Waals surface area contributed by atoms with Gasteiger partial charge in [-0.15, -0.1) is 5.10 Å². The number of hydrogen-bond acceptors (Lipinski definition) is 3. The molecule has 1 rings (SSSR count). The van der Waals surface area contributed by atoms with Crippen molar-refractivity contribution in [2.45, 2.75) is 20.0 Å². The van der Waals surface area contributed by atoms with Crippen LogP contribution in [0.3, 0.4) is 0 Å². The molecule has 20 heavy (non-hydrogen) atoms. The maximum atomic E-state index is 13.0. The van der Waals surface area contributed by atoms with Gasteiger partial charge in [0.05, 0.1) is 7.11 Å². The van der Waals surface area contributed by atoms with Crippen molar-refractivity contribution in [3.63, 3.8) is 0 Å². The van der Waals surface area contributed by atoms with Crippen molar-refractivity contribution in [2.24, 2.45) is 10.2 Å². The standard InChI is InChI=1S/C12H13ClF3N3O/c1-8(2)17-18-11(12(14,15)16)19(13)9-6-4-5-7-10(9)20-3/h4-7H,1-3H3/b18-11-. The summed E-state index contributed by atoms with van der Waals surface area (Å²) in [7, 11) is 1.34. The second-order valence-electron chi connectivity index (χ2n) is 3.92. The number of nitrogens with zero attached hydrogens (tertiary/aromatic N) is 3. The highest BCUT2D eigenvalue weighted by Crippen LogP contribution is 2.33. The number of anilines is 1. The monoisotopic (exact) mass is 307 g/mol. The molecule has 0 aliphatic carbocycles. The predicted molar refractivity (Wildman–Crippen MR) is 73.6 cm³/mol. The number of methoxy groups -OCH3 is 1. The number of ether oxygens (including phenoxy) is 1. The molecule has 1 aromatic rings. The summed E-state index contributed by atoms with van der Waals surface area (Å²) in [6.07, 6.45) is -4.75. The zero-order chi connectivity index (χ0) is 15.3. The van der Waals surface area contributed by atoms with E-state index < -0.39 is 12.0 Å². The van der Waals surface area contributed by atoms with Crippen LogP contribution in [-0.2, 0) is 0 Å². The first kappa shape index (κ1) is 16.3. The molecule has 0 heterocycles. The van der Waals surface area contributed by atoms with Gasteiger partial charge in [0, 0.05) is 17.5 Å². The third-order valence-electron chi connectivity index (χ3n) is 2.08. The average Bonchev–Trinajstić information content (AvgIpc) is 2.36. The summed E-state index contributed by atoms with van der Waals surface area (Å²) >= 11 is 5.76. The summed E-state index contributed by atoms with van der Waals surface area (Å²) in [5, 5.41) is 6.58. The normalized spacial score (nSPS) is 12.1. The fraction of sp³-hybridized carbons (Fsp3) is 0.333. The van der Waals surface area contributed by atoms with E-state index in [0.29, 0.717) is 10.1 Å². The number of benzene rings is 1. The Bertz CT molecular complexity index is 525. The summed E-state index contributed by atoms with van der Waals surface area (Å²) in [4.78, 5) is 0. The second-order valence-corrected chi connectivity index (χ2v) is 4.26. The number of rotatable bonds is 3. The Labute approximate surface area is 119 Å². The summed E-state index contributed by atoms with van der Waals surface area (Å²) in [6.45, 7) is 3.05. The molecular weight excluding hydrogens is 295 g/mol. The Morgan fingerprint density at radius 2 is 1.80 bits per heavy atom. The molecule has 0 aromatic heterocycles. The molecule has 0 aliphatic heterocycles. The molecule has 4 nitrogen and oxygen atoms in total. The van der Waals surface area contributed by atoms with Crippen molar-refractivity contribution in [2.75, 3.05) is 11.5 Å². The number of para-hydroxylation sites is 2.